The van der Waals surface area contributed by atoms with Crippen LogP contribution in [0.1, 0.15) is 24.8 Å². The molecule has 0 saturated carbocycles. The number of benzene rings is 1. The van der Waals surface area contributed by atoms with Crippen LogP contribution in [0, 0.1) is 5.92 Å². The molecule has 0 aromatic heterocycles. The lowest BCUT2D eigenvalue weighted by Gasteiger charge is -2.27. The number of para-hydroxylation sites is 1. The maximum Gasteiger partial charge on any atom is 0.0398 e. The summed E-state index contributed by atoms with van der Waals surface area (Å²) in [7, 11) is 0. The monoisotopic (exact) mass is 230 g/mol. The predicted molar refractivity (Wildman–Crippen MR) is 72.6 cm³/mol. The van der Waals surface area contributed by atoms with E-state index >= 15 is 0 Å². The molecule has 1 N–H and O–H groups in total. The summed E-state index contributed by atoms with van der Waals surface area (Å²) in [6, 6.07) is 8.98. The fourth-order valence-corrected chi connectivity index (χ4v) is 3.14. The smallest absolute Gasteiger partial charge is 0.0398 e. The molecule has 17 heavy (non-hydrogen) atoms. The van der Waals surface area contributed by atoms with Crippen molar-refractivity contribution in [2.24, 2.45) is 5.92 Å². The van der Waals surface area contributed by atoms with Gasteiger partial charge in [-0.05, 0) is 56.3 Å². The molecule has 0 bridgehead atoms. The Balaban J connectivity index is 1.78. The molecule has 2 heteroatoms. The molecule has 1 aromatic carbocycles. The van der Waals surface area contributed by atoms with Crippen molar-refractivity contribution in [1.82, 2.24) is 5.32 Å². The molecule has 0 aliphatic carbocycles. The molecule has 2 aliphatic heterocycles. The Kier molecular flexibility index (Phi) is 3.32. The standard InChI is InChI=1S/C15H22N2/c1-2-7-15-14(5-1)6-3-4-10-17(15)12-13-8-9-16-11-13/h1-2,5,7,13,16H,3-4,6,8-12H2. The molecule has 3 rings (SSSR count). The van der Waals surface area contributed by atoms with Gasteiger partial charge in [0.1, 0.15) is 0 Å². The third kappa shape index (κ3) is 2.47. The van der Waals surface area contributed by atoms with E-state index < -0.39 is 0 Å². The number of rotatable bonds is 2. The van der Waals surface area contributed by atoms with Crippen molar-refractivity contribution in [3.05, 3.63) is 29.8 Å². The molecule has 2 heterocycles. The van der Waals surface area contributed by atoms with Gasteiger partial charge in [-0.15, -0.1) is 0 Å². The highest BCUT2D eigenvalue weighted by Gasteiger charge is 2.21. The van der Waals surface area contributed by atoms with E-state index in [1.807, 2.05) is 0 Å². The summed E-state index contributed by atoms with van der Waals surface area (Å²) in [5, 5.41) is 3.47. The van der Waals surface area contributed by atoms with Gasteiger partial charge in [0.05, 0.1) is 0 Å². The van der Waals surface area contributed by atoms with Crippen LogP contribution < -0.4 is 10.2 Å². The SMILES string of the molecule is c1ccc2c(c1)CCCCN2CC1CCNC1. The Morgan fingerprint density at radius 2 is 2.18 bits per heavy atom. The summed E-state index contributed by atoms with van der Waals surface area (Å²) in [6.07, 6.45) is 5.29. The molecule has 0 amide bonds. The van der Waals surface area contributed by atoms with Crippen molar-refractivity contribution in [2.75, 3.05) is 31.1 Å². The van der Waals surface area contributed by atoms with Crippen LogP contribution in [-0.2, 0) is 6.42 Å². The van der Waals surface area contributed by atoms with Crippen molar-refractivity contribution in [1.29, 1.82) is 0 Å². The van der Waals surface area contributed by atoms with Gasteiger partial charge in [-0.1, -0.05) is 18.2 Å². The first-order valence-electron chi connectivity index (χ1n) is 6.97. The van der Waals surface area contributed by atoms with E-state index in [0.29, 0.717) is 0 Å². The van der Waals surface area contributed by atoms with E-state index in [0.717, 1.165) is 5.92 Å². The first-order valence-corrected chi connectivity index (χ1v) is 6.97. The Morgan fingerprint density at radius 3 is 3.06 bits per heavy atom. The molecule has 1 aromatic rings. The number of hydrogen-bond acceptors (Lipinski definition) is 2. The van der Waals surface area contributed by atoms with E-state index in [2.05, 4.69) is 34.5 Å². The van der Waals surface area contributed by atoms with E-state index in [4.69, 9.17) is 0 Å². The van der Waals surface area contributed by atoms with Gasteiger partial charge >= 0.3 is 0 Å². The number of anilines is 1. The minimum absolute atomic E-state index is 0.848. The molecular formula is C15H22N2. The van der Waals surface area contributed by atoms with Crippen LogP contribution >= 0.6 is 0 Å². The van der Waals surface area contributed by atoms with E-state index in [9.17, 15) is 0 Å². The van der Waals surface area contributed by atoms with Crippen molar-refractivity contribution >= 4 is 5.69 Å². The second-order valence-electron chi connectivity index (χ2n) is 5.39. The molecule has 0 radical (unpaired) electrons. The van der Waals surface area contributed by atoms with E-state index in [1.54, 1.807) is 5.56 Å². The minimum Gasteiger partial charge on any atom is -0.371 e. The average molecular weight is 230 g/mol. The minimum atomic E-state index is 0.848. The zero-order chi connectivity index (χ0) is 11.5. The van der Waals surface area contributed by atoms with Crippen LogP contribution in [-0.4, -0.2) is 26.2 Å². The van der Waals surface area contributed by atoms with Gasteiger partial charge in [0.15, 0.2) is 0 Å². The number of fused-ring (bicyclic) bond motifs is 1. The molecule has 2 nitrogen and oxygen atoms in total. The summed E-state index contributed by atoms with van der Waals surface area (Å²) in [6.45, 7) is 4.90. The summed E-state index contributed by atoms with van der Waals surface area (Å²) in [5.74, 6) is 0.848. The van der Waals surface area contributed by atoms with Crippen LogP contribution in [0.3, 0.4) is 0 Å². The maximum absolute atomic E-state index is 3.47. The van der Waals surface area contributed by atoms with Crippen LogP contribution in [0.5, 0.6) is 0 Å². The van der Waals surface area contributed by atoms with Gasteiger partial charge in [-0.2, -0.15) is 0 Å². The zero-order valence-electron chi connectivity index (χ0n) is 10.5. The number of hydrogen-bond donors (Lipinski definition) is 1. The fraction of sp³-hybridized carbons (Fsp3) is 0.600. The maximum atomic E-state index is 3.47. The van der Waals surface area contributed by atoms with E-state index in [-0.39, 0.29) is 0 Å². The molecular weight excluding hydrogens is 208 g/mol. The lowest BCUT2D eigenvalue weighted by molar-refractivity contribution is 0.554. The number of nitrogens with one attached hydrogen (secondary N) is 1. The summed E-state index contributed by atoms with van der Waals surface area (Å²) >= 11 is 0. The Bertz CT molecular complexity index is 369. The average Bonchev–Trinajstić information content (AvgIpc) is 2.78. The van der Waals surface area contributed by atoms with Gasteiger partial charge in [-0.25, -0.2) is 0 Å². The van der Waals surface area contributed by atoms with Crippen molar-refractivity contribution in [2.45, 2.75) is 25.7 Å². The van der Waals surface area contributed by atoms with Crippen LogP contribution in [0.15, 0.2) is 24.3 Å². The van der Waals surface area contributed by atoms with Crippen molar-refractivity contribution < 1.29 is 0 Å². The van der Waals surface area contributed by atoms with Crippen molar-refractivity contribution in [3.63, 3.8) is 0 Å². The van der Waals surface area contributed by atoms with Gasteiger partial charge in [0.25, 0.3) is 0 Å². The van der Waals surface area contributed by atoms with Gasteiger partial charge < -0.3 is 10.2 Å². The lowest BCUT2D eigenvalue weighted by Crippen LogP contribution is -2.31. The molecule has 1 fully saturated rings. The van der Waals surface area contributed by atoms with Crippen LogP contribution in [0.4, 0.5) is 5.69 Å². The Morgan fingerprint density at radius 1 is 1.24 bits per heavy atom. The number of aryl methyl sites for hydroxylation is 1. The Hall–Kier alpha value is -1.02. The lowest BCUT2D eigenvalue weighted by atomic mass is 10.1. The molecule has 2 aliphatic rings. The van der Waals surface area contributed by atoms with E-state index in [1.165, 1.54) is 57.5 Å². The molecule has 1 saturated heterocycles. The van der Waals surface area contributed by atoms with Crippen LogP contribution in [0.2, 0.25) is 0 Å². The second kappa shape index (κ2) is 5.09. The molecule has 1 unspecified atom stereocenters. The topological polar surface area (TPSA) is 15.3 Å². The first kappa shape index (κ1) is 11.1. The van der Waals surface area contributed by atoms with Gasteiger partial charge in [0, 0.05) is 18.8 Å². The quantitative estimate of drug-likeness (QED) is 0.839. The third-order valence-corrected chi connectivity index (χ3v) is 4.10. The van der Waals surface area contributed by atoms with Crippen LogP contribution in [0.25, 0.3) is 0 Å². The third-order valence-electron chi connectivity index (χ3n) is 4.10. The largest absolute Gasteiger partial charge is 0.371 e. The molecule has 1 atom stereocenters. The summed E-state index contributed by atoms with van der Waals surface area (Å²) in [4.78, 5) is 2.62. The summed E-state index contributed by atoms with van der Waals surface area (Å²) in [5.41, 5.74) is 3.05. The highest BCUT2D eigenvalue weighted by atomic mass is 15.1. The van der Waals surface area contributed by atoms with Crippen molar-refractivity contribution in [3.8, 4) is 0 Å². The van der Waals surface area contributed by atoms with Gasteiger partial charge in [-0.3, -0.25) is 0 Å². The summed E-state index contributed by atoms with van der Waals surface area (Å²) < 4.78 is 0. The normalized spacial score (nSPS) is 24.5. The predicted octanol–water partition coefficient (Wildman–Crippen LogP) is 2.44. The first-order chi connectivity index (χ1) is 8.43. The molecule has 0 spiro atoms. The fourth-order valence-electron chi connectivity index (χ4n) is 3.14. The number of nitrogens with zero attached hydrogens (tertiary/aromatic N) is 1. The second-order valence-corrected chi connectivity index (χ2v) is 5.39. The highest BCUT2D eigenvalue weighted by molar-refractivity contribution is 5.54. The highest BCUT2D eigenvalue weighted by Crippen LogP contribution is 2.27. The van der Waals surface area contributed by atoms with Gasteiger partial charge in [0.2, 0.25) is 0 Å². The molecule has 92 valence electrons. The Labute approximate surface area is 104 Å². The zero-order valence-corrected chi connectivity index (χ0v) is 10.5.